The molecule has 16 heavy (non-hydrogen) atoms. The van der Waals surface area contributed by atoms with Crippen molar-refractivity contribution in [3.05, 3.63) is 18.2 Å². The molecule has 1 heterocycles. The van der Waals surface area contributed by atoms with Crippen LogP contribution in [0, 0.1) is 0 Å². The molecular weight excluding hydrogens is 206 g/mol. The van der Waals surface area contributed by atoms with Gasteiger partial charge in [0, 0.05) is 13.2 Å². The fourth-order valence-corrected chi connectivity index (χ4v) is 2.05. The van der Waals surface area contributed by atoms with E-state index in [4.69, 9.17) is 0 Å². The van der Waals surface area contributed by atoms with Gasteiger partial charge in [-0.05, 0) is 12.8 Å². The number of imidazole rings is 1. The van der Waals surface area contributed by atoms with Crippen LogP contribution in [0.25, 0.3) is 0 Å². The maximum Gasteiger partial charge on any atom is 0.271 e. The molecule has 0 bridgehead atoms. The lowest BCUT2D eigenvalue weighted by Crippen LogP contribution is -2.45. The van der Waals surface area contributed by atoms with Gasteiger partial charge >= 0.3 is 0 Å². The molecule has 2 unspecified atom stereocenters. The zero-order chi connectivity index (χ0) is 11.5. The van der Waals surface area contributed by atoms with Crippen molar-refractivity contribution in [2.75, 3.05) is 0 Å². The van der Waals surface area contributed by atoms with Crippen molar-refractivity contribution in [2.24, 2.45) is 7.05 Å². The van der Waals surface area contributed by atoms with Gasteiger partial charge in [-0.3, -0.25) is 4.79 Å². The maximum absolute atomic E-state index is 11.8. The van der Waals surface area contributed by atoms with Gasteiger partial charge in [-0.15, -0.1) is 0 Å². The summed E-state index contributed by atoms with van der Waals surface area (Å²) in [5.41, 5.74) is 0.403. The minimum Gasteiger partial charge on any atom is -0.391 e. The number of aromatic nitrogens is 2. The van der Waals surface area contributed by atoms with Gasteiger partial charge in [0.2, 0.25) is 0 Å². The first kappa shape index (κ1) is 11.1. The second-order valence-corrected chi connectivity index (χ2v) is 4.36. The van der Waals surface area contributed by atoms with Gasteiger partial charge in [-0.2, -0.15) is 0 Å². The number of amides is 1. The fourth-order valence-electron chi connectivity index (χ4n) is 2.05. The van der Waals surface area contributed by atoms with E-state index in [9.17, 15) is 9.90 Å². The predicted octanol–water partition coefficient (Wildman–Crippen LogP) is 0.453. The number of nitrogens with one attached hydrogen (secondary N) is 1. The zero-order valence-corrected chi connectivity index (χ0v) is 9.39. The van der Waals surface area contributed by atoms with Gasteiger partial charge < -0.3 is 15.0 Å². The number of aliphatic hydroxyl groups excluding tert-OH is 1. The molecule has 1 aromatic heterocycles. The molecule has 0 aliphatic heterocycles. The second-order valence-electron chi connectivity index (χ2n) is 4.36. The van der Waals surface area contributed by atoms with Crippen molar-refractivity contribution in [3.8, 4) is 0 Å². The van der Waals surface area contributed by atoms with Crippen LogP contribution in [0.5, 0.6) is 0 Å². The summed E-state index contributed by atoms with van der Waals surface area (Å²) in [5.74, 6) is -0.202. The molecule has 5 nitrogen and oxygen atoms in total. The molecule has 88 valence electrons. The molecule has 1 amide bonds. The van der Waals surface area contributed by atoms with Gasteiger partial charge in [-0.25, -0.2) is 4.98 Å². The first-order chi connectivity index (χ1) is 7.66. The van der Waals surface area contributed by atoms with Crippen LogP contribution < -0.4 is 5.32 Å². The van der Waals surface area contributed by atoms with E-state index in [1.807, 2.05) is 7.05 Å². The number of rotatable bonds is 2. The summed E-state index contributed by atoms with van der Waals surface area (Å²) in [6.45, 7) is 0. The number of aryl methyl sites for hydroxylation is 1. The van der Waals surface area contributed by atoms with Crippen molar-refractivity contribution in [1.82, 2.24) is 14.9 Å². The highest BCUT2D eigenvalue weighted by molar-refractivity contribution is 5.92. The lowest BCUT2D eigenvalue weighted by atomic mass is 9.92. The van der Waals surface area contributed by atoms with Crippen LogP contribution in [0.15, 0.2) is 12.5 Å². The fraction of sp³-hybridized carbons (Fsp3) is 0.636. The van der Waals surface area contributed by atoms with E-state index >= 15 is 0 Å². The summed E-state index contributed by atoms with van der Waals surface area (Å²) >= 11 is 0. The number of hydrogen-bond donors (Lipinski definition) is 2. The van der Waals surface area contributed by atoms with E-state index < -0.39 is 6.10 Å². The molecule has 1 saturated carbocycles. The topological polar surface area (TPSA) is 67.2 Å². The number of carbonyl (C=O) groups is 1. The van der Waals surface area contributed by atoms with E-state index in [-0.39, 0.29) is 11.9 Å². The average Bonchev–Trinajstić information content (AvgIpc) is 2.68. The Morgan fingerprint density at radius 1 is 1.56 bits per heavy atom. The Morgan fingerprint density at radius 3 is 2.94 bits per heavy atom. The molecule has 1 aliphatic rings. The third kappa shape index (κ3) is 2.41. The third-order valence-corrected chi connectivity index (χ3v) is 2.98. The summed E-state index contributed by atoms with van der Waals surface area (Å²) in [6.07, 6.45) is 6.56. The van der Waals surface area contributed by atoms with E-state index in [2.05, 4.69) is 10.3 Å². The van der Waals surface area contributed by atoms with E-state index in [1.54, 1.807) is 17.1 Å². The molecule has 0 spiro atoms. The van der Waals surface area contributed by atoms with Crippen LogP contribution in [-0.2, 0) is 7.05 Å². The highest BCUT2D eigenvalue weighted by Crippen LogP contribution is 2.18. The molecule has 0 saturated heterocycles. The number of hydrogen-bond acceptors (Lipinski definition) is 3. The molecular formula is C11H17N3O2. The van der Waals surface area contributed by atoms with Crippen LogP contribution in [0.1, 0.15) is 36.2 Å². The molecule has 2 atom stereocenters. The molecule has 0 radical (unpaired) electrons. The normalized spacial score (nSPS) is 25.4. The Hall–Kier alpha value is -1.36. The Bertz CT molecular complexity index is 375. The van der Waals surface area contributed by atoms with Gasteiger partial charge in [0.05, 0.1) is 18.5 Å². The highest BCUT2D eigenvalue weighted by atomic mass is 16.3. The SMILES string of the molecule is Cn1cnc(C(=O)NC2CCCCC2O)c1. The highest BCUT2D eigenvalue weighted by Gasteiger charge is 2.25. The summed E-state index contributed by atoms with van der Waals surface area (Å²) < 4.78 is 1.73. The Morgan fingerprint density at radius 2 is 2.31 bits per heavy atom. The zero-order valence-electron chi connectivity index (χ0n) is 9.39. The summed E-state index contributed by atoms with van der Waals surface area (Å²) in [6, 6.07) is -0.122. The first-order valence-electron chi connectivity index (χ1n) is 5.63. The molecule has 2 N–H and O–H groups in total. The molecule has 1 aromatic rings. The Kier molecular flexibility index (Phi) is 3.24. The Balaban J connectivity index is 1.96. The van der Waals surface area contributed by atoms with E-state index in [0.717, 1.165) is 25.7 Å². The van der Waals surface area contributed by atoms with E-state index in [0.29, 0.717) is 5.69 Å². The Labute approximate surface area is 94.5 Å². The molecule has 5 heteroatoms. The maximum atomic E-state index is 11.8. The van der Waals surface area contributed by atoms with E-state index in [1.165, 1.54) is 0 Å². The molecule has 0 aromatic carbocycles. The van der Waals surface area contributed by atoms with Crippen molar-refractivity contribution < 1.29 is 9.90 Å². The summed E-state index contributed by atoms with van der Waals surface area (Å²) in [4.78, 5) is 15.7. The molecule has 2 rings (SSSR count). The standard InChI is InChI=1S/C11H17N3O2/c1-14-6-9(12-7-14)11(16)13-8-4-2-3-5-10(8)15/h6-8,10,15H,2-5H2,1H3,(H,13,16). The lowest BCUT2D eigenvalue weighted by molar-refractivity contribution is 0.0714. The minimum atomic E-state index is -0.415. The molecule has 1 aliphatic carbocycles. The smallest absolute Gasteiger partial charge is 0.271 e. The van der Waals surface area contributed by atoms with Crippen LogP contribution >= 0.6 is 0 Å². The monoisotopic (exact) mass is 223 g/mol. The lowest BCUT2D eigenvalue weighted by Gasteiger charge is -2.27. The number of aliphatic hydroxyl groups is 1. The summed E-state index contributed by atoms with van der Waals surface area (Å²) in [5, 5.41) is 12.6. The number of nitrogens with zero attached hydrogens (tertiary/aromatic N) is 2. The average molecular weight is 223 g/mol. The summed E-state index contributed by atoms with van der Waals surface area (Å²) in [7, 11) is 1.82. The number of carbonyl (C=O) groups excluding carboxylic acids is 1. The minimum absolute atomic E-state index is 0.122. The van der Waals surface area contributed by atoms with Crippen molar-refractivity contribution in [3.63, 3.8) is 0 Å². The van der Waals surface area contributed by atoms with Crippen LogP contribution in [0.4, 0.5) is 0 Å². The van der Waals surface area contributed by atoms with Gasteiger partial charge in [0.25, 0.3) is 5.91 Å². The van der Waals surface area contributed by atoms with Crippen LogP contribution in [0.2, 0.25) is 0 Å². The van der Waals surface area contributed by atoms with Crippen molar-refractivity contribution >= 4 is 5.91 Å². The van der Waals surface area contributed by atoms with Gasteiger partial charge in [-0.1, -0.05) is 12.8 Å². The van der Waals surface area contributed by atoms with Crippen molar-refractivity contribution in [2.45, 2.75) is 37.8 Å². The van der Waals surface area contributed by atoms with Crippen molar-refractivity contribution in [1.29, 1.82) is 0 Å². The largest absolute Gasteiger partial charge is 0.391 e. The van der Waals surface area contributed by atoms with Crippen LogP contribution in [0.3, 0.4) is 0 Å². The molecule has 1 fully saturated rings. The van der Waals surface area contributed by atoms with Gasteiger partial charge in [0.1, 0.15) is 5.69 Å². The van der Waals surface area contributed by atoms with Crippen LogP contribution in [-0.4, -0.2) is 32.7 Å². The third-order valence-electron chi connectivity index (χ3n) is 2.98. The first-order valence-corrected chi connectivity index (χ1v) is 5.63. The van der Waals surface area contributed by atoms with Gasteiger partial charge in [0.15, 0.2) is 0 Å². The predicted molar refractivity (Wildman–Crippen MR) is 58.9 cm³/mol. The second kappa shape index (κ2) is 4.65. The quantitative estimate of drug-likeness (QED) is 0.765.